The molecule has 1 aromatic rings. The summed E-state index contributed by atoms with van der Waals surface area (Å²) in [7, 11) is 0. The van der Waals surface area contributed by atoms with Crippen molar-refractivity contribution in [2.24, 2.45) is 16.7 Å². The van der Waals surface area contributed by atoms with Gasteiger partial charge in [0.05, 0.1) is 5.56 Å². The molecule has 2 N–H and O–H groups in total. The normalized spacial score (nSPS) is 19.2. The molecule has 0 aliphatic heterocycles. The van der Waals surface area contributed by atoms with Gasteiger partial charge in [-0.05, 0) is 41.5 Å². The van der Waals surface area contributed by atoms with E-state index in [2.05, 4.69) is 33.0 Å². The van der Waals surface area contributed by atoms with Gasteiger partial charge in [0.2, 0.25) is 0 Å². The molecule has 4 nitrogen and oxygen atoms in total. The Labute approximate surface area is 126 Å². The van der Waals surface area contributed by atoms with Crippen LogP contribution in [0.3, 0.4) is 0 Å². The molecule has 0 heterocycles. The lowest BCUT2D eigenvalue weighted by Crippen LogP contribution is -2.24. The molecule has 0 atom stereocenters. The molecule has 0 spiro atoms. The number of ether oxygens (including phenoxy) is 1. The highest BCUT2D eigenvalue weighted by Crippen LogP contribution is 2.67. The highest BCUT2D eigenvalue weighted by Gasteiger charge is 2.63. The number of benzene rings is 1. The second kappa shape index (κ2) is 5.68. The van der Waals surface area contributed by atoms with E-state index in [1.165, 1.54) is 0 Å². The van der Waals surface area contributed by atoms with E-state index in [1.807, 2.05) is 0 Å². The fourth-order valence-corrected chi connectivity index (χ4v) is 3.05. The molecule has 1 aliphatic rings. The van der Waals surface area contributed by atoms with Crippen LogP contribution in [0, 0.1) is 16.7 Å². The molecule has 0 unspecified atom stereocenters. The minimum Gasteiger partial charge on any atom is -0.492 e. The van der Waals surface area contributed by atoms with Gasteiger partial charge in [0.1, 0.15) is 12.4 Å². The Bertz CT molecular complexity index is 509. The molecule has 1 fully saturated rings. The highest BCUT2D eigenvalue weighted by molar-refractivity contribution is 5.87. The molecule has 1 aromatic carbocycles. The Morgan fingerprint density at radius 1 is 1.29 bits per heavy atom. The summed E-state index contributed by atoms with van der Waals surface area (Å²) in [6, 6.07) is 6.58. The van der Waals surface area contributed by atoms with Crippen molar-refractivity contribution in [1.29, 1.82) is 0 Å². The van der Waals surface area contributed by atoms with Gasteiger partial charge >= 0.3 is 5.97 Å². The third-order valence-corrected chi connectivity index (χ3v) is 5.30. The van der Waals surface area contributed by atoms with Crippen molar-refractivity contribution >= 4 is 5.97 Å². The molecule has 2 rings (SSSR count). The standard InChI is InChI=1S/C17H25NO3/c1-16(2)14(17(16,3)4)11-18-8-9-21-13-7-5-6-12(10-13)15(19)20/h5-7,10,14,18H,8-9,11H2,1-4H3,(H,19,20). The quantitative estimate of drug-likeness (QED) is 0.758. The zero-order valence-electron chi connectivity index (χ0n) is 13.3. The molecule has 0 aromatic heterocycles. The first kappa shape index (κ1) is 15.8. The van der Waals surface area contributed by atoms with Crippen LogP contribution in [0.1, 0.15) is 38.1 Å². The Hall–Kier alpha value is -1.55. The topological polar surface area (TPSA) is 58.6 Å². The third kappa shape index (κ3) is 3.21. The summed E-state index contributed by atoms with van der Waals surface area (Å²) in [5, 5.41) is 12.3. The summed E-state index contributed by atoms with van der Waals surface area (Å²) in [5.74, 6) is 0.362. The molecule has 0 amide bonds. The first-order valence-corrected chi connectivity index (χ1v) is 7.43. The van der Waals surface area contributed by atoms with Gasteiger partial charge in [0.15, 0.2) is 0 Å². The van der Waals surface area contributed by atoms with Gasteiger partial charge in [-0.25, -0.2) is 4.79 Å². The Morgan fingerprint density at radius 3 is 2.52 bits per heavy atom. The van der Waals surface area contributed by atoms with Gasteiger partial charge in [-0.2, -0.15) is 0 Å². The van der Waals surface area contributed by atoms with Gasteiger partial charge < -0.3 is 15.2 Å². The van der Waals surface area contributed by atoms with Crippen molar-refractivity contribution in [3.63, 3.8) is 0 Å². The zero-order chi connectivity index (χ0) is 15.7. The van der Waals surface area contributed by atoms with Gasteiger partial charge in [-0.15, -0.1) is 0 Å². The lowest BCUT2D eigenvalue weighted by molar-refractivity contribution is 0.0696. The second-order valence-corrected chi connectivity index (χ2v) is 6.88. The Balaban J connectivity index is 1.69. The summed E-state index contributed by atoms with van der Waals surface area (Å²) in [6.45, 7) is 11.6. The van der Waals surface area contributed by atoms with E-state index < -0.39 is 5.97 Å². The van der Waals surface area contributed by atoms with E-state index in [1.54, 1.807) is 24.3 Å². The number of carboxylic acids is 1. The van der Waals surface area contributed by atoms with E-state index in [-0.39, 0.29) is 5.56 Å². The predicted molar refractivity (Wildman–Crippen MR) is 82.8 cm³/mol. The van der Waals surface area contributed by atoms with E-state index in [0.29, 0.717) is 29.1 Å². The molecule has 0 radical (unpaired) electrons. The average molecular weight is 291 g/mol. The summed E-state index contributed by atoms with van der Waals surface area (Å²) in [4.78, 5) is 10.9. The molecule has 0 saturated heterocycles. The average Bonchev–Trinajstić information content (AvgIpc) is 2.80. The highest BCUT2D eigenvalue weighted by atomic mass is 16.5. The van der Waals surface area contributed by atoms with Crippen molar-refractivity contribution in [2.75, 3.05) is 19.7 Å². The minimum atomic E-state index is -0.934. The van der Waals surface area contributed by atoms with Crippen molar-refractivity contribution in [3.05, 3.63) is 29.8 Å². The lowest BCUT2D eigenvalue weighted by Gasteiger charge is -2.09. The molecule has 21 heavy (non-hydrogen) atoms. The molecule has 1 aliphatic carbocycles. The van der Waals surface area contributed by atoms with Crippen LogP contribution < -0.4 is 10.1 Å². The number of aromatic carboxylic acids is 1. The monoisotopic (exact) mass is 291 g/mol. The molecule has 116 valence electrons. The summed E-state index contributed by atoms with van der Waals surface area (Å²) >= 11 is 0. The fourth-order valence-electron chi connectivity index (χ4n) is 3.05. The maximum atomic E-state index is 10.9. The number of nitrogens with one attached hydrogen (secondary N) is 1. The fraction of sp³-hybridized carbons (Fsp3) is 0.588. The van der Waals surface area contributed by atoms with Crippen LogP contribution in [0.4, 0.5) is 0 Å². The van der Waals surface area contributed by atoms with Crippen molar-refractivity contribution < 1.29 is 14.6 Å². The van der Waals surface area contributed by atoms with E-state index in [0.717, 1.165) is 13.1 Å². The van der Waals surface area contributed by atoms with Gasteiger partial charge in [0, 0.05) is 6.54 Å². The second-order valence-electron chi connectivity index (χ2n) is 6.88. The summed E-state index contributed by atoms with van der Waals surface area (Å²) in [6.07, 6.45) is 0. The van der Waals surface area contributed by atoms with Crippen LogP contribution in [-0.2, 0) is 0 Å². The van der Waals surface area contributed by atoms with Gasteiger partial charge in [0.25, 0.3) is 0 Å². The SMILES string of the molecule is CC1(C)C(CNCCOc2cccc(C(=O)O)c2)C1(C)C. The maximum absolute atomic E-state index is 10.9. The van der Waals surface area contributed by atoms with Gasteiger partial charge in [-0.3, -0.25) is 0 Å². The van der Waals surface area contributed by atoms with Gasteiger partial charge in [-0.1, -0.05) is 33.8 Å². The lowest BCUT2D eigenvalue weighted by atomic mass is 10.0. The summed E-state index contributed by atoms with van der Waals surface area (Å²) in [5.41, 5.74) is 1.05. The van der Waals surface area contributed by atoms with E-state index in [9.17, 15) is 4.79 Å². The summed E-state index contributed by atoms with van der Waals surface area (Å²) < 4.78 is 5.58. The van der Waals surface area contributed by atoms with Crippen LogP contribution in [-0.4, -0.2) is 30.8 Å². The van der Waals surface area contributed by atoms with E-state index >= 15 is 0 Å². The number of hydrogen-bond acceptors (Lipinski definition) is 3. The third-order valence-electron chi connectivity index (χ3n) is 5.30. The maximum Gasteiger partial charge on any atom is 0.335 e. The number of carbonyl (C=O) groups is 1. The Kier molecular flexibility index (Phi) is 4.28. The number of carboxylic acid groups (broad SMARTS) is 1. The predicted octanol–water partition coefficient (Wildman–Crippen LogP) is 3.04. The largest absolute Gasteiger partial charge is 0.492 e. The number of rotatable bonds is 7. The molecular formula is C17H25NO3. The van der Waals surface area contributed by atoms with E-state index in [4.69, 9.17) is 9.84 Å². The molecule has 0 bridgehead atoms. The molecular weight excluding hydrogens is 266 g/mol. The number of hydrogen-bond donors (Lipinski definition) is 2. The van der Waals surface area contributed by atoms with Crippen LogP contribution in [0.15, 0.2) is 24.3 Å². The molecule has 1 saturated carbocycles. The van der Waals surface area contributed by atoms with Crippen LogP contribution in [0.5, 0.6) is 5.75 Å². The van der Waals surface area contributed by atoms with Crippen molar-refractivity contribution in [2.45, 2.75) is 27.7 Å². The first-order valence-electron chi connectivity index (χ1n) is 7.43. The minimum absolute atomic E-state index is 0.252. The van der Waals surface area contributed by atoms with Crippen LogP contribution in [0.2, 0.25) is 0 Å². The van der Waals surface area contributed by atoms with Crippen molar-refractivity contribution in [3.8, 4) is 5.75 Å². The smallest absolute Gasteiger partial charge is 0.335 e. The first-order chi connectivity index (χ1) is 9.76. The zero-order valence-corrected chi connectivity index (χ0v) is 13.3. The van der Waals surface area contributed by atoms with Crippen molar-refractivity contribution in [1.82, 2.24) is 5.32 Å². The molecule has 4 heteroatoms. The van der Waals surface area contributed by atoms with Crippen LogP contribution >= 0.6 is 0 Å². The Morgan fingerprint density at radius 2 is 1.95 bits per heavy atom. The van der Waals surface area contributed by atoms with Crippen LogP contribution in [0.25, 0.3) is 0 Å².